The molecule has 2 aromatic rings. The Morgan fingerprint density at radius 3 is 2.68 bits per heavy atom. The van der Waals surface area contributed by atoms with Crippen LogP contribution in [-0.4, -0.2) is 12.0 Å². The molecule has 19 heavy (non-hydrogen) atoms. The molecule has 1 aromatic carbocycles. The molecule has 1 N–H and O–H groups in total. The summed E-state index contributed by atoms with van der Waals surface area (Å²) in [6, 6.07) is 2.41. The van der Waals surface area contributed by atoms with E-state index in [-0.39, 0.29) is 10.6 Å². The first-order valence-corrected chi connectivity index (χ1v) is 6.26. The van der Waals surface area contributed by atoms with E-state index < -0.39 is 17.6 Å². The van der Waals surface area contributed by atoms with Crippen LogP contribution in [0.5, 0.6) is 0 Å². The number of benzene rings is 1. The van der Waals surface area contributed by atoms with Crippen molar-refractivity contribution in [3.8, 4) is 10.6 Å². The Morgan fingerprint density at radius 1 is 1.32 bits per heavy atom. The van der Waals surface area contributed by atoms with Gasteiger partial charge in [0.05, 0.1) is 11.3 Å². The first-order valence-electron chi connectivity index (χ1n) is 5.38. The van der Waals surface area contributed by atoms with E-state index in [4.69, 9.17) is 0 Å². The average Bonchev–Trinajstić information content (AvgIpc) is 2.76. The van der Waals surface area contributed by atoms with E-state index in [1.54, 1.807) is 12.4 Å². The highest BCUT2D eigenvalue weighted by molar-refractivity contribution is 7.13. The fourth-order valence-electron chi connectivity index (χ4n) is 1.63. The standard InChI is InChI=1S/C12H10F4N2S/c1-17-5-8-6-19-11(18-8)9-4-7(13)2-3-10(9)12(14,15)16/h2-4,6,17H,5H2,1H3. The van der Waals surface area contributed by atoms with Crippen LogP contribution in [-0.2, 0) is 12.7 Å². The van der Waals surface area contributed by atoms with Crippen molar-refractivity contribution in [2.75, 3.05) is 7.05 Å². The number of hydrogen-bond acceptors (Lipinski definition) is 3. The predicted molar refractivity (Wildman–Crippen MR) is 65.3 cm³/mol. The van der Waals surface area contributed by atoms with Crippen LogP contribution < -0.4 is 5.32 Å². The zero-order valence-electron chi connectivity index (χ0n) is 9.88. The topological polar surface area (TPSA) is 24.9 Å². The molecule has 1 aromatic heterocycles. The van der Waals surface area contributed by atoms with Crippen molar-refractivity contribution >= 4 is 11.3 Å². The van der Waals surface area contributed by atoms with Crippen molar-refractivity contribution in [2.45, 2.75) is 12.7 Å². The molecule has 1 heterocycles. The average molecular weight is 290 g/mol. The van der Waals surface area contributed by atoms with Gasteiger partial charge in [-0.1, -0.05) is 0 Å². The van der Waals surface area contributed by atoms with Crippen molar-refractivity contribution in [1.29, 1.82) is 0 Å². The largest absolute Gasteiger partial charge is 0.417 e. The van der Waals surface area contributed by atoms with E-state index in [2.05, 4.69) is 10.3 Å². The first-order chi connectivity index (χ1) is 8.91. The molecule has 0 aliphatic heterocycles. The van der Waals surface area contributed by atoms with Gasteiger partial charge in [0.1, 0.15) is 10.8 Å². The van der Waals surface area contributed by atoms with E-state index in [0.717, 1.165) is 29.5 Å². The second-order valence-electron chi connectivity index (χ2n) is 3.86. The van der Waals surface area contributed by atoms with E-state index in [1.165, 1.54) is 0 Å². The van der Waals surface area contributed by atoms with Gasteiger partial charge in [0.25, 0.3) is 0 Å². The van der Waals surface area contributed by atoms with Crippen LogP contribution in [0.25, 0.3) is 10.6 Å². The second-order valence-corrected chi connectivity index (χ2v) is 4.72. The predicted octanol–water partition coefficient (Wildman–Crippen LogP) is 3.69. The fraction of sp³-hybridized carbons (Fsp3) is 0.250. The summed E-state index contributed by atoms with van der Waals surface area (Å²) < 4.78 is 51.8. The smallest absolute Gasteiger partial charge is 0.314 e. The number of nitrogens with zero attached hydrogens (tertiary/aromatic N) is 1. The lowest BCUT2D eigenvalue weighted by Gasteiger charge is -2.10. The van der Waals surface area contributed by atoms with Crippen molar-refractivity contribution in [2.24, 2.45) is 0 Å². The Hall–Kier alpha value is -1.47. The van der Waals surface area contributed by atoms with E-state index in [9.17, 15) is 17.6 Å². The first kappa shape index (κ1) is 14.0. The quantitative estimate of drug-likeness (QED) is 0.872. The van der Waals surface area contributed by atoms with Crippen LogP contribution in [0, 0.1) is 5.82 Å². The van der Waals surface area contributed by atoms with Gasteiger partial charge < -0.3 is 5.32 Å². The van der Waals surface area contributed by atoms with Crippen molar-refractivity contribution in [3.05, 3.63) is 40.7 Å². The lowest BCUT2D eigenvalue weighted by atomic mass is 10.1. The third-order valence-electron chi connectivity index (χ3n) is 2.43. The van der Waals surface area contributed by atoms with Crippen LogP contribution >= 0.6 is 11.3 Å². The summed E-state index contributed by atoms with van der Waals surface area (Å²) in [4.78, 5) is 4.07. The molecule has 7 heteroatoms. The molecule has 0 bridgehead atoms. The van der Waals surface area contributed by atoms with Gasteiger partial charge in [0, 0.05) is 17.5 Å². The number of hydrogen-bond donors (Lipinski definition) is 1. The Balaban J connectivity index is 2.50. The van der Waals surface area contributed by atoms with Crippen LogP contribution in [0.4, 0.5) is 17.6 Å². The molecule has 102 valence electrons. The lowest BCUT2D eigenvalue weighted by Crippen LogP contribution is -2.08. The Morgan fingerprint density at radius 2 is 2.05 bits per heavy atom. The van der Waals surface area contributed by atoms with E-state index in [1.807, 2.05) is 0 Å². The highest BCUT2D eigenvalue weighted by Gasteiger charge is 2.34. The van der Waals surface area contributed by atoms with Crippen LogP contribution in [0.2, 0.25) is 0 Å². The molecule has 0 saturated carbocycles. The molecule has 0 spiro atoms. The minimum absolute atomic E-state index is 0.164. The normalized spacial score (nSPS) is 11.8. The maximum atomic E-state index is 13.2. The molecule has 0 amide bonds. The van der Waals surface area contributed by atoms with Gasteiger partial charge in [-0.15, -0.1) is 11.3 Å². The lowest BCUT2D eigenvalue weighted by molar-refractivity contribution is -0.137. The molecule has 0 fully saturated rings. The van der Waals surface area contributed by atoms with Gasteiger partial charge in [-0.3, -0.25) is 0 Å². The van der Waals surface area contributed by atoms with Gasteiger partial charge in [-0.05, 0) is 25.2 Å². The zero-order chi connectivity index (χ0) is 14.0. The summed E-state index contributed by atoms with van der Waals surface area (Å²) >= 11 is 1.06. The van der Waals surface area contributed by atoms with E-state index in [0.29, 0.717) is 12.2 Å². The molecule has 0 aliphatic rings. The van der Waals surface area contributed by atoms with Crippen LogP contribution in [0.15, 0.2) is 23.6 Å². The third-order valence-corrected chi connectivity index (χ3v) is 3.35. The highest BCUT2D eigenvalue weighted by Crippen LogP contribution is 2.38. The molecular weight excluding hydrogens is 280 g/mol. The van der Waals surface area contributed by atoms with Crippen molar-refractivity contribution in [1.82, 2.24) is 10.3 Å². The zero-order valence-corrected chi connectivity index (χ0v) is 10.7. The summed E-state index contributed by atoms with van der Waals surface area (Å²) in [7, 11) is 1.71. The molecule has 0 aliphatic carbocycles. The van der Waals surface area contributed by atoms with Crippen molar-refractivity contribution in [3.63, 3.8) is 0 Å². The number of halogens is 4. The molecule has 0 unspecified atom stereocenters. The number of alkyl halides is 3. The summed E-state index contributed by atoms with van der Waals surface area (Å²) in [6.07, 6.45) is -4.53. The number of rotatable bonds is 3. The summed E-state index contributed by atoms with van der Waals surface area (Å²) in [6.45, 7) is 0.452. The van der Waals surface area contributed by atoms with Gasteiger partial charge >= 0.3 is 6.18 Å². The Bertz CT molecular complexity index is 577. The summed E-state index contributed by atoms with van der Waals surface area (Å²) in [5.74, 6) is -0.714. The maximum absolute atomic E-state index is 13.2. The van der Waals surface area contributed by atoms with Crippen molar-refractivity contribution < 1.29 is 17.6 Å². The van der Waals surface area contributed by atoms with Crippen LogP contribution in [0.1, 0.15) is 11.3 Å². The van der Waals surface area contributed by atoms with Gasteiger partial charge in [0.15, 0.2) is 0 Å². The summed E-state index contributed by atoms with van der Waals surface area (Å²) in [5, 5.41) is 4.67. The minimum Gasteiger partial charge on any atom is -0.314 e. The number of nitrogens with one attached hydrogen (secondary N) is 1. The van der Waals surface area contributed by atoms with Crippen LogP contribution in [0.3, 0.4) is 0 Å². The molecule has 0 atom stereocenters. The minimum atomic E-state index is -4.53. The van der Waals surface area contributed by atoms with E-state index >= 15 is 0 Å². The number of thiazole rings is 1. The van der Waals surface area contributed by atoms with Gasteiger partial charge in [-0.2, -0.15) is 13.2 Å². The van der Waals surface area contributed by atoms with Gasteiger partial charge in [-0.25, -0.2) is 9.37 Å². The molecule has 2 rings (SSSR count). The SMILES string of the molecule is CNCc1csc(-c2cc(F)ccc2C(F)(F)F)n1. The Labute approximate surface area is 111 Å². The third kappa shape index (κ3) is 3.10. The molecule has 2 nitrogen and oxygen atoms in total. The Kier molecular flexibility index (Phi) is 3.86. The molecule has 0 saturated heterocycles. The summed E-state index contributed by atoms with van der Waals surface area (Å²) in [5.41, 5.74) is -0.473. The molecule has 0 radical (unpaired) electrons. The second kappa shape index (κ2) is 5.26. The maximum Gasteiger partial charge on any atom is 0.417 e. The monoisotopic (exact) mass is 290 g/mol. The fourth-order valence-corrected chi connectivity index (χ4v) is 2.48. The highest BCUT2D eigenvalue weighted by atomic mass is 32.1. The number of aromatic nitrogens is 1. The molecular formula is C12H10F4N2S. The van der Waals surface area contributed by atoms with Gasteiger partial charge in [0.2, 0.25) is 0 Å².